The Morgan fingerprint density at radius 3 is 2.71 bits per heavy atom. The molecule has 0 amide bonds. The number of aliphatic hydroxyl groups is 1. The average Bonchev–Trinajstić information content (AvgIpc) is 2.78. The Bertz CT molecular complexity index is 728. The molecule has 2 rings (SSSR count). The van der Waals surface area contributed by atoms with Gasteiger partial charge in [0.25, 0.3) is 5.56 Å². The number of pyridine rings is 1. The van der Waals surface area contributed by atoms with Crippen LogP contribution in [0.2, 0.25) is 0 Å². The average molecular weight is 304 g/mol. The molecule has 3 N–H and O–H groups in total. The van der Waals surface area contributed by atoms with E-state index in [4.69, 9.17) is 0 Å². The molecule has 0 spiro atoms. The number of thiophene rings is 1. The van der Waals surface area contributed by atoms with Gasteiger partial charge in [-0.15, -0.1) is 11.3 Å². The number of hydrogen-bond donors (Lipinski definition) is 3. The van der Waals surface area contributed by atoms with Crippen LogP contribution in [0.5, 0.6) is 0 Å². The van der Waals surface area contributed by atoms with Crippen LogP contribution in [0.25, 0.3) is 5.70 Å². The first-order valence-electron chi connectivity index (χ1n) is 6.74. The van der Waals surface area contributed by atoms with Crippen molar-refractivity contribution >= 4 is 17.0 Å². The van der Waals surface area contributed by atoms with E-state index in [0.717, 1.165) is 38.5 Å². The number of hydrogen-bond acceptors (Lipinski definition) is 4. The topological polar surface area (TPSA) is 65.1 Å². The van der Waals surface area contributed by atoms with Crippen molar-refractivity contribution in [3.63, 3.8) is 0 Å². The van der Waals surface area contributed by atoms with Gasteiger partial charge in [0.2, 0.25) is 0 Å². The Hall–Kier alpha value is -1.85. The van der Waals surface area contributed by atoms with Gasteiger partial charge in [0.05, 0.1) is 6.61 Å². The molecule has 2 aromatic heterocycles. The van der Waals surface area contributed by atoms with Crippen LogP contribution >= 0.6 is 11.3 Å². The number of aliphatic hydroxyl groups excluding tert-OH is 1. The summed E-state index contributed by atoms with van der Waals surface area (Å²) < 4.78 is 0. The summed E-state index contributed by atoms with van der Waals surface area (Å²) in [6, 6.07) is 1.96. The third-order valence-corrected chi connectivity index (χ3v) is 4.66. The molecule has 112 valence electrons. The molecule has 2 heterocycles. The van der Waals surface area contributed by atoms with Crippen molar-refractivity contribution in [1.82, 2.24) is 10.3 Å². The Morgan fingerprint density at radius 1 is 1.43 bits per heavy atom. The number of aryl methyl sites for hydroxylation is 2. The second-order valence-electron chi connectivity index (χ2n) is 5.13. The number of aromatic amines is 1. The Labute approximate surface area is 128 Å². The highest BCUT2D eigenvalue weighted by molar-refractivity contribution is 7.10. The first kappa shape index (κ1) is 15.5. The summed E-state index contributed by atoms with van der Waals surface area (Å²) in [7, 11) is 0. The third kappa shape index (κ3) is 3.25. The second-order valence-corrected chi connectivity index (χ2v) is 6.10. The van der Waals surface area contributed by atoms with E-state index in [9.17, 15) is 9.90 Å². The lowest BCUT2D eigenvalue weighted by Crippen LogP contribution is -2.22. The van der Waals surface area contributed by atoms with Crippen LogP contribution in [0.4, 0.5) is 0 Å². The third-order valence-electron chi connectivity index (χ3n) is 3.58. The molecule has 0 aromatic carbocycles. The van der Waals surface area contributed by atoms with E-state index in [-0.39, 0.29) is 12.2 Å². The lowest BCUT2D eigenvalue weighted by atomic mass is 10.1. The first-order valence-corrected chi connectivity index (χ1v) is 7.62. The minimum Gasteiger partial charge on any atom is -0.391 e. The van der Waals surface area contributed by atoms with Crippen LogP contribution in [0, 0.1) is 20.8 Å². The maximum Gasteiger partial charge on any atom is 0.253 e. The van der Waals surface area contributed by atoms with E-state index in [0.29, 0.717) is 6.54 Å². The van der Waals surface area contributed by atoms with E-state index in [2.05, 4.69) is 16.9 Å². The smallest absolute Gasteiger partial charge is 0.253 e. The maximum absolute atomic E-state index is 12.0. The zero-order valence-corrected chi connectivity index (χ0v) is 13.4. The summed E-state index contributed by atoms with van der Waals surface area (Å²) in [5, 5.41) is 14.4. The van der Waals surface area contributed by atoms with Crippen molar-refractivity contribution in [1.29, 1.82) is 0 Å². The van der Waals surface area contributed by atoms with Gasteiger partial charge in [0, 0.05) is 39.3 Å². The molecule has 21 heavy (non-hydrogen) atoms. The quantitative estimate of drug-likeness (QED) is 0.795. The van der Waals surface area contributed by atoms with Gasteiger partial charge in [-0.1, -0.05) is 6.58 Å². The van der Waals surface area contributed by atoms with E-state index < -0.39 is 0 Å². The highest BCUT2D eigenvalue weighted by atomic mass is 32.1. The number of rotatable bonds is 5. The van der Waals surface area contributed by atoms with Gasteiger partial charge < -0.3 is 15.4 Å². The highest BCUT2D eigenvalue weighted by Crippen LogP contribution is 2.26. The van der Waals surface area contributed by atoms with E-state index in [1.54, 1.807) is 0 Å². The monoisotopic (exact) mass is 304 g/mol. The molecular formula is C16H20N2O2S. The summed E-state index contributed by atoms with van der Waals surface area (Å²) in [6.45, 7) is 10.3. The molecule has 0 aliphatic heterocycles. The second kappa shape index (κ2) is 6.28. The lowest BCUT2D eigenvalue weighted by molar-refractivity contribution is 0.285. The Morgan fingerprint density at radius 2 is 2.14 bits per heavy atom. The van der Waals surface area contributed by atoms with Crippen molar-refractivity contribution in [2.45, 2.75) is 33.9 Å². The predicted molar refractivity (Wildman–Crippen MR) is 87.4 cm³/mol. The number of nitrogens with one attached hydrogen (secondary N) is 2. The zero-order chi connectivity index (χ0) is 15.6. The molecule has 0 unspecified atom stereocenters. The Kier molecular flexibility index (Phi) is 4.65. The van der Waals surface area contributed by atoms with Crippen LogP contribution in [0.3, 0.4) is 0 Å². The van der Waals surface area contributed by atoms with Gasteiger partial charge in [-0.05, 0) is 38.0 Å². The summed E-state index contributed by atoms with van der Waals surface area (Å²) in [5.41, 5.74) is 5.28. The molecule has 0 aliphatic carbocycles. The highest BCUT2D eigenvalue weighted by Gasteiger charge is 2.11. The van der Waals surface area contributed by atoms with E-state index in [1.807, 2.05) is 32.2 Å². The number of H-pyrrole nitrogens is 1. The fourth-order valence-corrected chi connectivity index (χ4v) is 3.24. The zero-order valence-electron chi connectivity index (χ0n) is 12.5. The van der Waals surface area contributed by atoms with Gasteiger partial charge in [0.15, 0.2) is 0 Å². The minimum absolute atomic E-state index is 0.0422. The molecule has 0 atom stereocenters. The van der Waals surface area contributed by atoms with E-state index >= 15 is 0 Å². The van der Waals surface area contributed by atoms with Crippen LogP contribution in [0.15, 0.2) is 22.8 Å². The summed E-state index contributed by atoms with van der Waals surface area (Å²) in [5.74, 6) is 0. The van der Waals surface area contributed by atoms with Crippen molar-refractivity contribution in [2.24, 2.45) is 0 Å². The fraction of sp³-hybridized carbons (Fsp3) is 0.312. The van der Waals surface area contributed by atoms with Crippen molar-refractivity contribution in [3.8, 4) is 0 Å². The number of aromatic nitrogens is 1. The van der Waals surface area contributed by atoms with Crippen LogP contribution in [-0.2, 0) is 13.2 Å². The van der Waals surface area contributed by atoms with Gasteiger partial charge in [0.1, 0.15) is 0 Å². The summed E-state index contributed by atoms with van der Waals surface area (Å²) in [6.07, 6.45) is 0. The molecule has 0 aliphatic rings. The van der Waals surface area contributed by atoms with Crippen LogP contribution in [-0.4, -0.2) is 10.1 Å². The normalized spacial score (nSPS) is 10.7. The molecule has 0 saturated heterocycles. The van der Waals surface area contributed by atoms with Crippen LogP contribution < -0.4 is 10.9 Å². The maximum atomic E-state index is 12.0. The fourth-order valence-electron chi connectivity index (χ4n) is 2.30. The first-order chi connectivity index (χ1) is 9.93. The molecule has 5 heteroatoms. The molecule has 0 bridgehead atoms. The SMILES string of the molecule is C=C(NCc1c(C)cc(C)[nH]c1=O)c1csc(CO)c1C. The van der Waals surface area contributed by atoms with Crippen molar-refractivity contribution < 1.29 is 5.11 Å². The minimum atomic E-state index is -0.0640. The summed E-state index contributed by atoms with van der Waals surface area (Å²) >= 11 is 1.52. The molecule has 0 saturated carbocycles. The lowest BCUT2D eigenvalue weighted by Gasteiger charge is -2.11. The summed E-state index contributed by atoms with van der Waals surface area (Å²) in [4.78, 5) is 15.7. The van der Waals surface area contributed by atoms with Crippen LogP contribution in [0.1, 0.15) is 32.8 Å². The van der Waals surface area contributed by atoms with Gasteiger partial charge in [-0.2, -0.15) is 0 Å². The molecular weight excluding hydrogens is 284 g/mol. The van der Waals surface area contributed by atoms with Gasteiger partial charge in [-0.3, -0.25) is 4.79 Å². The van der Waals surface area contributed by atoms with E-state index in [1.165, 1.54) is 11.3 Å². The standard InChI is InChI=1S/C16H20N2O2S/c1-9-5-10(2)18-16(20)13(9)6-17-12(4)14-8-21-15(7-19)11(14)3/h5,8,17,19H,4,6-7H2,1-3H3,(H,18,20). The predicted octanol–water partition coefficient (Wildman–Crippen LogP) is 2.61. The molecule has 0 fully saturated rings. The largest absolute Gasteiger partial charge is 0.391 e. The van der Waals surface area contributed by atoms with Crippen molar-refractivity contribution in [2.75, 3.05) is 0 Å². The molecule has 4 nitrogen and oxygen atoms in total. The molecule has 2 aromatic rings. The Balaban J connectivity index is 2.15. The van der Waals surface area contributed by atoms with Gasteiger partial charge >= 0.3 is 0 Å². The molecule has 0 radical (unpaired) electrons. The van der Waals surface area contributed by atoms with Crippen molar-refractivity contribution in [3.05, 3.63) is 61.2 Å². The van der Waals surface area contributed by atoms with Gasteiger partial charge in [-0.25, -0.2) is 0 Å².